The lowest BCUT2D eigenvalue weighted by molar-refractivity contribution is 0.0660. The van der Waals surface area contributed by atoms with Gasteiger partial charge in [-0.2, -0.15) is 0 Å². The maximum absolute atomic E-state index is 13.9. The van der Waals surface area contributed by atoms with Crippen molar-refractivity contribution in [1.29, 1.82) is 0 Å². The van der Waals surface area contributed by atoms with E-state index in [2.05, 4.69) is 9.80 Å². The summed E-state index contributed by atoms with van der Waals surface area (Å²) in [5, 5.41) is 10.2. The standard InChI is InChI=1S/C20H25FN2O2.2ClH/c1-16-6-2-5-9-20(16)25-15-17(24)14-22-10-12-23(13-11-22)19-8-4-3-7-18(19)21;;/h2-9,17,24H,10-15H2,1H3;2*1H. The first-order chi connectivity index (χ1) is 12.1. The summed E-state index contributed by atoms with van der Waals surface area (Å²) in [6.45, 7) is 5.95. The van der Waals surface area contributed by atoms with E-state index in [0.29, 0.717) is 12.2 Å². The van der Waals surface area contributed by atoms with Gasteiger partial charge in [-0.25, -0.2) is 4.39 Å². The second-order valence-corrected chi connectivity index (χ2v) is 6.47. The average molecular weight is 417 g/mol. The lowest BCUT2D eigenvalue weighted by Crippen LogP contribution is -2.49. The molecule has 27 heavy (non-hydrogen) atoms. The topological polar surface area (TPSA) is 35.9 Å². The number of halogens is 3. The first-order valence-electron chi connectivity index (χ1n) is 8.72. The van der Waals surface area contributed by atoms with Crippen molar-refractivity contribution in [3.8, 4) is 5.75 Å². The number of para-hydroxylation sites is 2. The van der Waals surface area contributed by atoms with Gasteiger partial charge in [0.15, 0.2) is 0 Å². The van der Waals surface area contributed by atoms with Crippen LogP contribution in [0.5, 0.6) is 5.75 Å². The molecule has 1 heterocycles. The smallest absolute Gasteiger partial charge is 0.146 e. The molecule has 1 atom stereocenters. The Hall–Kier alpha value is -1.53. The summed E-state index contributed by atoms with van der Waals surface area (Å²) >= 11 is 0. The average Bonchev–Trinajstić information content (AvgIpc) is 2.62. The van der Waals surface area contributed by atoms with Crippen molar-refractivity contribution < 1.29 is 14.2 Å². The van der Waals surface area contributed by atoms with Crippen LogP contribution < -0.4 is 9.64 Å². The first kappa shape index (κ1) is 23.5. The highest BCUT2D eigenvalue weighted by atomic mass is 35.5. The third kappa shape index (κ3) is 6.54. The fraction of sp³-hybridized carbons (Fsp3) is 0.400. The zero-order valence-electron chi connectivity index (χ0n) is 15.4. The van der Waals surface area contributed by atoms with Crippen LogP contribution in [0.25, 0.3) is 0 Å². The molecule has 7 heteroatoms. The molecule has 1 fully saturated rings. The predicted octanol–water partition coefficient (Wildman–Crippen LogP) is 3.54. The summed E-state index contributed by atoms with van der Waals surface area (Å²) in [6, 6.07) is 14.7. The van der Waals surface area contributed by atoms with E-state index in [1.807, 2.05) is 43.3 Å². The lowest BCUT2D eigenvalue weighted by atomic mass is 10.2. The Morgan fingerprint density at radius 3 is 2.30 bits per heavy atom. The van der Waals surface area contributed by atoms with E-state index in [0.717, 1.165) is 37.5 Å². The summed E-state index contributed by atoms with van der Waals surface area (Å²) in [4.78, 5) is 4.26. The van der Waals surface area contributed by atoms with E-state index in [1.165, 1.54) is 6.07 Å². The van der Waals surface area contributed by atoms with Gasteiger partial charge < -0.3 is 14.7 Å². The molecule has 3 rings (SSSR count). The summed E-state index contributed by atoms with van der Waals surface area (Å²) in [6.07, 6.45) is -0.542. The number of β-amino-alcohol motifs (C(OH)–C–C–N with tert-alkyl or cyclic N) is 1. The highest BCUT2D eigenvalue weighted by molar-refractivity contribution is 5.85. The Bertz CT molecular complexity index is 697. The molecule has 1 N–H and O–H groups in total. The third-order valence-corrected chi connectivity index (χ3v) is 4.56. The van der Waals surface area contributed by atoms with Gasteiger partial charge in [0.1, 0.15) is 24.3 Å². The number of anilines is 1. The van der Waals surface area contributed by atoms with Gasteiger partial charge in [0, 0.05) is 32.7 Å². The molecule has 0 bridgehead atoms. The van der Waals surface area contributed by atoms with Crippen molar-refractivity contribution in [3.63, 3.8) is 0 Å². The van der Waals surface area contributed by atoms with Crippen LogP contribution in [0, 0.1) is 12.7 Å². The van der Waals surface area contributed by atoms with E-state index in [9.17, 15) is 9.50 Å². The van der Waals surface area contributed by atoms with Gasteiger partial charge in [0.2, 0.25) is 0 Å². The second kappa shape index (κ2) is 11.3. The molecular weight excluding hydrogens is 390 g/mol. The molecule has 2 aromatic rings. The van der Waals surface area contributed by atoms with E-state index in [1.54, 1.807) is 6.07 Å². The minimum Gasteiger partial charge on any atom is -0.491 e. The minimum atomic E-state index is -0.542. The van der Waals surface area contributed by atoms with Gasteiger partial charge in [0.25, 0.3) is 0 Å². The molecule has 1 unspecified atom stereocenters. The Morgan fingerprint density at radius 1 is 1.00 bits per heavy atom. The Kier molecular flexibility index (Phi) is 9.88. The van der Waals surface area contributed by atoms with Crippen LogP contribution in [0.2, 0.25) is 0 Å². The fourth-order valence-corrected chi connectivity index (χ4v) is 3.13. The molecule has 1 saturated heterocycles. The van der Waals surface area contributed by atoms with Crippen molar-refractivity contribution in [2.24, 2.45) is 0 Å². The van der Waals surface area contributed by atoms with Crippen LogP contribution in [-0.2, 0) is 0 Å². The van der Waals surface area contributed by atoms with Crippen molar-refractivity contribution in [1.82, 2.24) is 4.90 Å². The van der Waals surface area contributed by atoms with Gasteiger partial charge >= 0.3 is 0 Å². The zero-order chi connectivity index (χ0) is 17.6. The second-order valence-electron chi connectivity index (χ2n) is 6.47. The van der Waals surface area contributed by atoms with E-state index < -0.39 is 6.10 Å². The normalized spacial score (nSPS) is 15.4. The highest BCUT2D eigenvalue weighted by Crippen LogP contribution is 2.20. The first-order valence-corrected chi connectivity index (χ1v) is 8.72. The van der Waals surface area contributed by atoms with Crippen LogP contribution in [0.15, 0.2) is 48.5 Å². The number of aryl methyl sites for hydroxylation is 1. The van der Waals surface area contributed by atoms with Gasteiger partial charge in [-0.05, 0) is 30.7 Å². The Balaban J connectivity index is 0.00000182. The van der Waals surface area contributed by atoms with Crippen LogP contribution in [0.3, 0.4) is 0 Å². The lowest BCUT2D eigenvalue weighted by Gasteiger charge is -2.37. The van der Waals surface area contributed by atoms with Gasteiger partial charge in [-0.15, -0.1) is 24.8 Å². The van der Waals surface area contributed by atoms with E-state index in [4.69, 9.17) is 4.74 Å². The molecule has 150 valence electrons. The number of nitrogens with zero attached hydrogens (tertiary/aromatic N) is 2. The molecule has 0 amide bonds. The monoisotopic (exact) mass is 416 g/mol. The summed E-state index contributed by atoms with van der Waals surface area (Å²) in [5.74, 6) is 0.633. The largest absolute Gasteiger partial charge is 0.491 e. The highest BCUT2D eigenvalue weighted by Gasteiger charge is 2.21. The van der Waals surface area contributed by atoms with Gasteiger partial charge in [-0.1, -0.05) is 30.3 Å². The Labute approximate surface area is 172 Å². The quantitative estimate of drug-likeness (QED) is 0.780. The number of aliphatic hydroxyl groups is 1. The van der Waals surface area contributed by atoms with Crippen molar-refractivity contribution in [2.45, 2.75) is 13.0 Å². The van der Waals surface area contributed by atoms with Crippen LogP contribution in [-0.4, -0.2) is 55.4 Å². The van der Waals surface area contributed by atoms with Crippen LogP contribution in [0.1, 0.15) is 5.56 Å². The summed E-state index contributed by atoms with van der Waals surface area (Å²) in [7, 11) is 0. The van der Waals surface area contributed by atoms with Crippen LogP contribution >= 0.6 is 24.8 Å². The molecule has 2 aromatic carbocycles. The molecule has 0 spiro atoms. The van der Waals surface area contributed by atoms with E-state index >= 15 is 0 Å². The Morgan fingerprint density at radius 2 is 1.63 bits per heavy atom. The molecule has 0 aromatic heterocycles. The van der Waals surface area contributed by atoms with Crippen molar-refractivity contribution in [3.05, 3.63) is 59.9 Å². The number of hydrogen-bond donors (Lipinski definition) is 1. The molecule has 0 saturated carbocycles. The fourth-order valence-electron chi connectivity index (χ4n) is 3.13. The third-order valence-electron chi connectivity index (χ3n) is 4.56. The minimum absolute atomic E-state index is 0. The molecule has 4 nitrogen and oxygen atoms in total. The van der Waals surface area contributed by atoms with Gasteiger partial charge in [0.05, 0.1) is 5.69 Å². The number of benzene rings is 2. The number of piperazine rings is 1. The molecule has 1 aliphatic rings. The number of hydrogen-bond acceptors (Lipinski definition) is 4. The zero-order valence-corrected chi connectivity index (χ0v) is 17.0. The summed E-state index contributed by atoms with van der Waals surface area (Å²) in [5.41, 5.74) is 1.72. The maximum atomic E-state index is 13.9. The summed E-state index contributed by atoms with van der Waals surface area (Å²) < 4.78 is 19.6. The molecule has 1 aliphatic heterocycles. The van der Waals surface area contributed by atoms with Gasteiger partial charge in [-0.3, -0.25) is 4.90 Å². The maximum Gasteiger partial charge on any atom is 0.146 e. The van der Waals surface area contributed by atoms with Crippen LogP contribution in [0.4, 0.5) is 10.1 Å². The van der Waals surface area contributed by atoms with Crippen molar-refractivity contribution in [2.75, 3.05) is 44.2 Å². The SMILES string of the molecule is Cc1ccccc1OCC(O)CN1CCN(c2ccccc2F)CC1.Cl.Cl. The number of aliphatic hydroxyl groups excluding tert-OH is 1. The predicted molar refractivity (Wildman–Crippen MR) is 112 cm³/mol. The molecular formula is C20H27Cl2FN2O2. The molecule has 0 radical (unpaired) electrons. The van der Waals surface area contributed by atoms with E-state index in [-0.39, 0.29) is 37.2 Å². The van der Waals surface area contributed by atoms with Crippen molar-refractivity contribution >= 4 is 30.5 Å². The number of ether oxygens (including phenoxy) is 1. The molecule has 0 aliphatic carbocycles. The number of rotatable bonds is 6.